The summed E-state index contributed by atoms with van der Waals surface area (Å²) < 4.78 is 3.40. The van der Waals surface area contributed by atoms with Crippen molar-refractivity contribution in [1.82, 2.24) is 0 Å². The molecular formula is C10H13P2Sc. The molecule has 0 saturated heterocycles. The Hall–Kier alpha value is 0.430. The average Bonchev–Trinajstić information content (AvgIpc) is 2.65. The second-order valence-corrected chi connectivity index (χ2v) is 8.40. The predicted molar refractivity (Wildman–Crippen MR) is 61.7 cm³/mol. The topological polar surface area (TPSA) is 0 Å². The Morgan fingerprint density at radius 2 is 1.46 bits per heavy atom. The van der Waals surface area contributed by atoms with Crippen LogP contribution in [0.1, 0.15) is 12.0 Å². The SMILES string of the molecule is Cc1[pH]cc[c]1[Sc+][c]1cc[pH]c1C.[H-]. The van der Waals surface area contributed by atoms with Gasteiger partial charge in [-0.2, -0.15) is 0 Å². The molecule has 0 fully saturated rings. The van der Waals surface area contributed by atoms with Crippen molar-refractivity contribution in [2.45, 2.75) is 13.8 Å². The maximum Gasteiger partial charge on any atom is -1.00 e. The van der Waals surface area contributed by atoms with E-state index >= 15 is 0 Å². The van der Waals surface area contributed by atoms with Crippen molar-refractivity contribution >= 4 is 23.0 Å². The standard InChI is InChI=1S/2C5H6P.Sc.H/c2*1-5-3-2-4-6-5;;/h2*2,4,6H,1H3;;/q;;+1;-1. The molecule has 0 nitrogen and oxygen atoms in total. The normalized spacial score (nSPS) is 11.2. The summed E-state index contributed by atoms with van der Waals surface area (Å²) in [5.74, 6) is 4.66. The van der Waals surface area contributed by atoms with Crippen LogP contribution in [0.5, 0.6) is 0 Å². The molecular weight excluding hydrogens is 227 g/mol. The first kappa shape index (κ1) is 9.97. The first-order valence-corrected chi connectivity index (χ1v) is 8.36. The van der Waals surface area contributed by atoms with E-state index in [1.807, 2.05) is 0 Å². The van der Waals surface area contributed by atoms with Gasteiger partial charge in [0.05, 0.1) is 0 Å². The first-order chi connectivity index (χ1) is 6.27. The van der Waals surface area contributed by atoms with Crippen molar-refractivity contribution < 1.29 is 24.3 Å². The summed E-state index contributed by atoms with van der Waals surface area (Å²) in [5.41, 5.74) is 0. The van der Waals surface area contributed by atoms with E-state index in [2.05, 4.69) is 37.6 Å². The van der Waals surface area contributed by atoms with E-state index in [-0.39, 0.29) is 24.3 Å². The summed E-state index contributed by atoms with van der Waals surface area (Å²) in [5, 5.41) is 3.29. The third kappa shape index (κ3) is 2.27. The molecule has 0 spiro atoms. The van der Waals surface area contributed by atoms with Crippen molar-refractivity contribution in [2.75, 3.05) is 0 Å². The number of hydrogen-bond acceptors (Lipinski definition) is 0. The minimum atomic E-state index is -0.292. The van der Waals surface area contributed by atoms with Gasteiger partial charge in [-0.3, -0.25) is 0 Å². The van der Waals surface area contributed by atoms with E-state index < -0.39 is 0 Å². The molecule has 0 aliphatic heterocycles. The predicted octanol–water partition coefficient (Wildman–Crippen LogP) is 2.51. The van der Waals surface area contributed by atoms with Crippen LogP contribution in [-0.2, 0) is 22.9 Å². The van der Waals surface area contributed by atoms with Gasteiger partial charge in [-0.1, -0.05) is 0 Å². The fourth-order valence-electron chi connectivity index (χ4n) is 1.41. The fraction of sp³-hybridized carbons (Fsp3) is 0.200. The zero-order chi connectivity index (χ0) is 9.26. The van der Waals surface area contributed by atoms with Crippen LogP contribution >= 0.6 is 16.4 Å². The largest absolute Gasteiger partial charge is 1.00 e. The third-order valence-electron chi connectivity index (χ3n) is 2.30. The Balaban J connectivity index is 0.000000980. The molecule has 0 amide bonds. The van der Waals surface area contributed by atoms with Crippen molar-refractivity contribution in [3.8, 4) is 0 Å². The zero-order valence-electron chi connectivity index (χ0n) is 8.89. The Labute approximate surface area is 95.2 Å². The molecule has 0 aromatic carbocycles. The van der Waals surface area contributed by atoms with Gasteiger partial charge in [0.25, 0.3) is 0 Å². The molecule has 0 aliphatic carbocycles. The summed E-state index contributed by atoms with van der Waals surface area (Å²) in [6, 6.07) is 4.73. The van der Waals surface area contributed by atoms with E-state index in [9.17, 15) is 0 Å². The summed E-state index contributed by atoms with van der Waals surface area (Å²) in [6.07, 6.45) is 0. The van der Waals surface area contributed by atoms with E-state index in [0.717, 1.165) is 16.4 Å². The molecule has 66 valence electrons. The second kappa shape index (κ2) is 4.30. The van der Waals surface area contributed by atoms with E-state index in [1.165, 1.54) is 0 Å². The van der Waals surface area contributed by atoms with Gasteiger partial charge in [0.1, 0.15) is 0 Å². The molecule has 2 atom stereocenters. The molecule has 13 heavy (non-hydrogen) atoms. The minimum Gasteiger partial charge on any atom is -1.00 e. The van der Waals surface area contributed by atoms with Crippen LogP contribution in [-0.4, -0.2) is 0 Å². The maximum atomic E-state index is 2.36. The molecule has 0 N–H and O–H groups in total. The van der Waals surface area contributed by atoms with Crippen LogP contribution in [0.25, 0.3) is 0 Å². The van der Waals surface area contributed by atoms with Gasteiger partial charge in [0.2, 0.25) is 0 Å². The molecule has 0 radical (unpaired) electrons. The fourth-order valence-corrected chi connectivity index (χ4v) is 6.71. The van der Waals surface area contributed by atoms with Crippen LogP contribution in [0.15, 0.2) is 23.7 Å². The summed E-state index contributed by atoms with van der Waals surface area (Å²) in [4.78, 5) is 0. The van der Waals surface area contributed by atoms with Crippen LogP contribution in [0.2, 0.25) is 0 Å². The smallest absolute Gasteiger partial charge is 1.00 e. The molecule has 2 aromatic heterocycles. The molecule has 2 rings (SSSR count). The van der Waals surface area contributed by atoms with Gasteiger partial charge < -0.3 is 1.43 Å². The Morgan fingerprint density at radius 1 is 1.00 bits per heavy atom. The Morgan fingerprint density at radius 3 is 1.77 bits per heavy atom. The molecule has 2 unspecified atom stereocenters. The van der Waals surface area contributed by atoms with Crippen molar-refractivity contribution in [3.05, 3.63) is 34.3 Å². The summed E-state index contributed by atoms with van der Waals surface area (Å²) >= 11 is -0.292. The second-order valence-electron chi connectivity index (χ2n) is 3.26. The minimum absolute atomic E-state index is 0. The van der Waals surface area contributed by atoms with Crippen molar-refractivity contribution in [2.24, 2.45) is 0 Å². The number of aryl methyl sites for hydroxylation is 2. The van der Waals surface area contributed by atoms with Crippen molar-refractivity contribution in [1.29, 1.82) is 0 Å². The molecule has 0 bridgehead atoms. The monoisotopic (exact) mass is 240 g/mol. The summed E-state index contributed by atoms with van der Waals surface area (Å²) in [7, 11) is 1.94. The molecule has 3 heteroatoms. The van der Waals surface area contributed by atoms with Gasteiger partial charge in [0.15, 0.2) is 0 Å². The van der Waals surface area contributed by atoms with E-state index in [4.69, 9.17) is 0 Å². The van der Waals surface area contributed by atoms with Crippen LogP contribution in [0, 0.1) is 13.8 Å². The Kier molecular flexibility index (Phi) is 3.30. The summed E-state index contributed by atoms with van der Waals surface area (Å²) in [6.45, 7) is 4.59. The average molecular weight is 240 g/mol. The molecule has 2 heterocycles. The van der Waals surface area contributed by atoms with E-state index in [1.54, 1.807) is 17.2 Å². The number of hydrogen-bond donors (Lipinski definition) is 0. The van der Waals surface area contributed by atoms with Crippen molar-refractivity contribution in [3.63, 3.8) is 0 Å². The third-order valence-corrected chi connectivity index (χ3v) is 8.24. The van der Waals surface area contributed by atoms with Gasteiger partial charge in [-0.25, -0.2) is 0 Å². The maximum absolute atomic E-state index is 2.36. The molecule has 0 aliphatic rings. The van der Waals surface area contributed by atoms with Crippen LogP contribution < -0.4 is 6.64 Å². The quantitative estimate of drug-likeness (QED) is 0.756. The van der Waals surface area contributed by atoms with Gasteiger partial charge >= 0.3 is 94.1 Å². The van der Waals surface area contributed by atoms with Gasteiger partial charge in [-0.05, 0) is 0 Å². The Bertz CT molecular complexity index is 367. The zero-order valence-corrected chi connectivity index (χ0v) is 11.7. The van der Waals surface area contributed by atoms with E-state index in [0.29, 0.717) is 0 Å². The first-order valence-electron chi connectivity index (χ1n) is 4.40. The molecule has 0 saturated carbocycles. The van der Waals surface area contributed by atoms with Crippen LogP contribution in [0.3, 0.4) is 0 Å². The number of rotatable bonds is 2. The molecule has 2 aromatic rings. The van der Waals surface area contributed by atoms with Gasteiger partial charge in [0, 0.05) is 0 Å². The van der Waals surface area contributed by atoms with Gasteiger partial charge in [-0.15, -0.1) is 0 Å². The van der Waals surface area contributed by atoms with Crippen LogP contribution in [0.4, 0.5) is 0 Å².